The van der Waals surface area contributed by atoms with Crippen LogP contribution in [0.5, 0.6) is 0 Å². The van der Waals surface area contributed by atoms with Crippen molar-refractivity contribution in [2.45, 2.75) is 30.7 Å². The summed E-state index contributed by atoms with van der Waals surface area (Å²) in [6.45, 7) is 0. The Kier molecular flexibility index (Phi) is 9.74. The van der Waals surface area contributed by atoms with Crippen LogP contribution in [0, 0.1) is 5.92 Å². The number of para-hydroxylation sites is 2. The van der Waals surface area contributed by atoms with Crippen molar-refractivity contribution in [1.82, 2.24) is 15.2 Å². The van der Waals surface area contributed by atoms with Gasteiger partial charge in [-0.25, -0.2) is 20.0 Å². The van der Waals surface area contributed by atoms with Crippen LogP contribution in [0.25, 0.3) is 28.8 Å². The number of aromatic nitrogens is 1. The average molecular weight is 879 g/mol. The molecule has 8 aromatic rings. The number of allylic oxidation sites excluding steroid dienone is 3. The van der Waals surface area contributed by atoms with Crippen LogP contribution in [-0.4, -0.2) is 34.0 Å². The van der Waals surface area contributed by atoms with Crippen molar-refractivity contribution in [2.75, 3.05) is 4.90 Å². The molecule has 0 radical (unpaired) electrons. The van der Waals surface area contributed by atoms with Gasteiger partial charge in [-0.05, 0) is 53.1 Å². The van der Waals surface area contributed by atoms with Gasteiger partial charge in [0.1, 0.15) is 23.3 Å². The summed E-state index contributed by atoms with van der Waals surface area (Å²) in [6.07, 6.45) is 11.9. The zero-order chi connectivity index (χ0) is 45.0. The summed E-state index contributed by atoms with van der Waals surface area (Å²) in [5.74, 6) is 3.50. The normalized spacial score (nSPS) is 21.3. The molecule has 0 bridgehead atoms. The Bertz CT molecular complexity index is 3570. The molecule has 5 unspecified atom stereocenters. The van der Waals surface area contributed by atoms with Gasteiger partial charge in [-0.1, -0.05) is 188 Å². The summed E-state index contributed by atoms with van der Waals surface area (Å²) in [5.41, 5.74) is 11.2. The molecule has 4 heterocycles. The van der Waals surface area contributed by atoms with Crippen LogP contribution in [0.3, 0.4) is 0 Å². The summed E-state index contributed by atoms with van der Waals surface area (Å²) >= 11 is 0. The van der Waals surface area contributed by atoms with E-state index in [-0.39, 0.29) is 30.2 Å². The zero-order valence-electron chi connectivity index (χ0n) is 37.1. The van der Waals surface area contributed by atoms with Crippen molar-refractivity contribution in [3.05, 3.63) is 256 Å². The minimum Gasteiger partial charge on any atom is -0.333 e. The van der Waals surface area contributed by atoms with Gasteiger partial charge in [-0.2, -0.15) is 0 Å². The van der Waals surface area contributed by atoms with E-state index in [1.807, 2.05) is 36.4 Å². The molecule has 5 atom stereocenters. The monoisotopic (exact) mass is 878 g/mol. The molecule has 0 amide bonds. The molecule has 8 nitrogen and oxygen atoms in total. The van der Waals surface area contributed by atoms with Gasteiger partial charge in [0.2, 0.25) is 0 Å². The van der Waals surface area contributed by atoms with Gasteiger partial charge in [0, 0.05) is 62.6 Å². The number of aliphatic imine (C=N–C) groups is 4. The lowest BCUT2D eigenvalue weighted by Gasteiger charge is -2.30. The van der Waals surface area contributed by atoms with Gasteiger partial charge in [-0.15, -0.1) is 0 Å². The molecular formula is C60H46N8. The van der Waals surface area contributed by atoms with E-state index in [0.29, 0.717) is 0 Å². The van der Waals surface area contributed by atoms with E-state index in [4.69, 9.17) is 20.0 Å². The van der Waals surface area contributed by atoms with Gasteiger partial charge >= 0.3 is 0 Å². The second-order valence-corrected chi connectivity index (χ2v) is 17.8. The van der Waals surface area contributed by atoms with Crippen molar-refractivity contribution in [3.8, 4) is 0 Å². The first-order valence-electron chi connectivity index (χ1n) is 23.5. The summed E-state index contributed by atoms with van der Waals surface area (Å²) < 4.78 is 2.50. The van der Waals surface area contributed by atoms with Crippen molar-refractivity contribution < 1.29 is 0 Å². The van der Waals surface area contributed by atoms with Crippen LogP contribution in [-0.2, 0) is 0 Å². The third-order valence-electron chi connectivity index (χ3n) is 13.7. The maximum Gasteiger partial charge on any atom is 0.169 e. The Morgan fingerprint density at radius 3 is 1.82 bits per heavy atom. The molecular weight excluding hydrogens is 833 g/mol. The number of benzene rings is 7. The van der Waals surface area contributed by atoms with Crippen molar-refractivity contribution >= 4 is 63.5 Å². The van der Waals surface area contributed by atoms with Gasteiger partial charge in [0.25, 0.3) is 0 Å². The van der Waals surface area contributed by atoms with E-state index in [2.05, 4.69) is 208 Å². The second-order valence-electron chi connectivity index (χ2n) is 17.8. The highest BCUT2D eigenvalue weighted by Crippen LogP contribution is 2.47. The molecule has 326 valence electrons. The quantitative estimate of drug-likeness (QED) is 0.160. The number of fused-ring (bicyclic) bond motifs is 6. The van der Waals surface area contributed by atoms with E-state index in [0.717, 1.165) is 63.3 Å². The van der Waals surface area contributed by atoms with Crippen LogP contribution < -0.4 is 26.1 Å². The molecule has 2 aliphatic carbocycles. The molecule has 0 spiro atoms. The predicted octanol–water partition coefficient (Wildman–Crippen LogP) is 10.6. The number of hydrogen-bond acceptors (Lipinski definition) is 7. The summed E-state index contributed by atoms with van der Waals surface area (Å²) in [7, 11) is 0. The molecule has 8 heteroatoms. The first-order chi connectivity index (χ1) is 33.7. The fourth-order valence-corrected chi connectivity index (χ4v) is 10.6. The largest absolute Gasteiger partial charge is 0.333 e. The first-order valence-corrected chi connectivity index (χ1v) is 23.5. The maximum absolute atomic E-state index is 5.30. The smallest absolute Gasteiger partial charge is 0.169 e. The standard InChI is InChI=1S/C60H46N8/c1-5-19-39(20-6-1)55-61-56(40-21-7-2-8-22-40)64-59(63-55)43-27-17-29-45(35-43)67-51-33-15-13-31-47(51)49-37-50-48-32-14-16-34-52(48)68(54(50)38-53(49)67)46-30-18-28-44(36-46)60-65-57(41-23-9-3-10-24-41)62-58(66-60)42-25-11-4-12-26-42/h1-35,37-38,44,49,53,55,57H,36H2,(H,61,63,64)(H,62,65,66). The Morgan fingerprint density at radius 1 is 0.515 bits per heavy atom. The van der Waals surface area contributed by atoms with E-state index in [1.165, 1.54) is 38.4 Å². The molecule has 68 heavy (non-hydrogen) atoms. The molecule has 2 N–H and O–H groups in total. The second kappa shape index (κ2) is 16.7. The summed E-state index contributed by atoms with van der Waals surface area (Å²) in [5, 5.41) is 11.1. The Balaban J connectivity index is 0.887. The molecule has 0 fully saturated rings. The summed E-state index contributed by atoms with van der Waals surface area (Å²) in [6, 6.07) is 68.1. The van der Waals surface area contributed by atoms with E-state index >= 15 is 0 Å². The molecule has 13 rings (SSSR count). The third-order valence-corrected chi connectivity index (χ3v) is 13.7. The van der Waals surface area contributed by atoms with Crippen LogP contribution in [0.2, 0.25) is 0 Å². The fraction of sp³-hybridized carbons (Fsp3) is 0.100. The molecule has 0 saturated carbocycles. The lowest BCUT2D eigenvalue weighted by Crippen LogP contribution is -2.42. The molecule has 0 saturated heterocycles. The fourth-order valence-electron chi connectivity index (χ4n) is 10.6. The minimum atomic E-state index is -0.376. The minimum absolute atomic E-state index is 0.00720. The topological polar surface area (TPSA) is 81.7 Å². The van der Waals surface area contributed by atoms with Crippen molar-refractivity contribution in [1.29, 1.82) is 0 Å². The zero-order valence-corrected chi connectivity index (χ0v) is 37.1. The Morgan fingerprint density at radius 2 is 1.10 bits per heavy atom. The summed E-state index contributed by atoms with van der Waals surface area (Å²) in [4.78, 5) is 23.3. The highest BCUT2D eigenvalue weighted by atomic mass is 15.2. The van der Waals surface area contributed by atoms with Gasteiger partial charge in [0.05, 0.1) is 16.9 Å². The highest BCUT2D eigenvalue weighted by molar-refractivity contribution is 6.16. The van der Waals surface area contributed by atoms with Crippen molar-refractivity contribution in [3.63, 3.8) is 0 Å². The molecule has 5 aliphatic rings. The number of amidine groups is 4. The van der Waals surface area contributed by atoms with Gasteiger partial charge in [0.15, 0.2) is 12.3 Å². The van der Waals surface area contributed by atoms with Crippen molar-refractivity contribution in [2.24, 2.45) is 25.9 Å². The van der Waals surface area contributed by atoms with E-state index in [9.17, 15) is 0 Å². The predicted molar refractivity (Wildman–Crippen MR) is 278 cm³/mol. The number of anilines is 2. The van der Waals surface area contributed by atoms with Crippen LogP contribution in [0.4, 0.5) is 11.4 Å². The van der Waals surface area contributed by atoms with Gasteiger partial charge < -0.3 is 20.1 Å². The first kappa shape index (κ1) is 39.7. The van der Waals surface area contributed by atoms with Crippen LogP contribution in [0.1, 0.15) is 58.1 Å². The molecule has 7 aromatic carbocycles. The number of rotatable bonds is 8. The Labute approximate surface area is 394 Å². The highest BCUT2D eigenvalue weighted by Gasteiger charge is 2.39. The SMILES string of the molecule is C1=CC(C2=NC(c3ccccc3)N=C(c3ccccc3)N2)CC(n2c3c(c4ccccc42)=CC2c4ccccc4N(c4cccc(C5=NC(c6ccccc6)N=C(c6ccccc6)N5)c4)C2C=3)=C1. The lowest BCUT2D eigenvalue weighted by molar-refractivity contribution is 0.717. The number of hydrogen-bond donors (Lipinski definition) is 2. The van der Waals surface area contributed by atoms with Crippen LogP contribution >= 0.6 is 0 Å². The van der Waals surface area contributed by atoms with Gasteiger partial charge in [-0.3, -0.25) is 0 Å². The maximum atomic E-state index is 5.30. The van der Waals surface area contributed by atoms with Crippen LogP contribution in [0.15, 0.2) is 232 Å². The molecule has 3 aliphatic heterocycles. The number of nitrogens with zero attached hydrogens (tertiary/aromatic N) is 6. The molecule has 1 aromatic heterocycles. The number of nitrogens with one attached hydrogen (secondary N) is 2. The lowest BCUT2D eigenvalue weighted by atomic mass is 9.90. The average Bonchev–Trinajstić information content (AvgIpc) is 3.93. The van der Waals surface area contributed by atoms with E-state index in [1.54, 1.807) is 0 Å². The van der Waals surface area contributed by atoms with E-state index < -0.39 is 0 Å². The Hall–Kier alpha value is -8.62. The third kappa shape index (κ3) is 7.00.